The molecular weight excluding hydrogens is 218 g/mol. The molecule has 4 nitrogen and oxygen atoms in total. The summed E-state index contributed by atoms with van der Waals surface area (Å²) in [6.45, 7) is 5.81. The van der Waals surface area contributed by atoms with Gasteiger partial charge in [-0.15, -0.1) is 0 Å². The molecule has 0 spiro atoms. The van der Waals surface area contributed by atoms with Crippen LogP contribution in [0.2, 0.25) is 0 Å². The first-order valence-electron chi connectivity index (χ1n) is 5.87. The van der Waals surface area contributed by atoms with Crippen molar-refractivity contribution < 1.29 is 14.3 Å². The third-order valence-electron chi connectivity index (χ3n) is 3.16. The number of ether oxygens (including phenoxy) is 2. The molecule has 0 aromatic carbocycles. The van der Waals surface area contributed by atoms with Crippen LogP contribution in [0, 0.1) is 0 Å². The minimum atomic E-state index is -0.369. The summed E-state index contributed by atoms with van der Waals surface area (Å²) in [5, 5.41) is 0. The van der Waals surface area contributed by atoms with Crippen molar-refractivity contribution in [3.63, 3.8) is 0 Å². The van der Waals surface area contributed by atoms with Crippen LogP contribution in [0.4, 0.5) is 0 Å². The molecule has 1 saturated heterocycles. The molecule has 1 aliphatic rings. The minimum absolute atomic E-state index is 0.0280. The Morgan fingerprint density at radius 2 is 2.41 bits per heavy atom. The molecule has 4 heteroatoms. The number of rotatable bonds is 3. The summed E-state index contributed by atoms with van der Waals surface area (Å²) in [5.74, 6) is -0.369. The Bertz CT molecular complexity index is 394. The smallest absolute Gasteiger partial charge is 0.356 e. The SMILES string of the molecule is CCOC(=O)c1ccc(C2(C)CCOC2)cn1. The van der Waals surface area contributed by atoms with E-state index in [0.717, 1.165) is 18.6 Å². The maximum absolute atomic E-state index is 11.4. The molecule has 0 N–H and O–H groups in total. The Kier molecular flexibility index (Phi) is 3.43. The van der Waals surface area contributed by atoms with Gasteiger partial charge in [-0.2, -0.15) is 0 Å². The van der Waals surface area contributed by atoms with Crippen molar-refractivity contribution in [3.05, 3.63) is 29.6 Å². The van der Waals surface area contributed by atoms with E-state index in [2.05, 4.69) is 11.9 Å². The summed E-state index contributed by atoms with van der Waals surface area (Å²) in [4.78, 5) is 15.6. The molecule has 0 radical (unpaired) electrons. The molecule has 1 aromatic rings. The number of hydrogen-bond acceptors (Lipinski definition) is 4. The maximum atomic E-state index is 11.4. The molecule has 1 fully saturated rings. The van der Waals surface area contributed by atoms with Crippen molar-refractivity contribution in [1.82, 2.24) is 4.98 Å². The lowest BCUT2D eigenvalue weighted by molar-refractivity contribution is 0.0519. The molecule has 1 aromatic heterocycles. The Hall–Kier alpha value is -1.42. The van der Waals surface area contributed by atoms with Crippen LogP contribution in [0.3, 0.4) is 0 Å². The number of carbonyl (C=O) groups excluding carboxylic acids is 1. The predicted octanol–water partition coefficient (Wildman–Crippen LogP) is 1.94. The van der Waals surface area contributed by atoms with Gasteiger partial charge in [0.25, 0.3) is 0 Å². The van der Waals surface area contributed by atoms with E-state index in [9.17, 15) is 4.79 Å². The topological polar surface area (TPSA) is 48.4 Å². The number of esters is 1. The van der Waals surface area contributed by atoms with Crippen molar-refractivity contribution in [2.75, 3.05) is 19.8 Å². The third-order valence-corrected chi connectivity index (χ3v) is 3.16. The summed E-state index contributed by atoms with van der Waals surface area (Å²) in [6, 6.07) is 3.66. The van der Waals surface area contributed by atoms with Crippen LogP contribution in [0.25, 0.3) is 0 Å². The van der Waals surface area contributed by atoms with Gasteiger partial charge in [-0.3, -0.25) is 0 Å². The van der Waals surface area contributed by atoms with E-state index < -0.39 is 0 Å². The van der Waals surface area contributed by atoms with Crippen molar-refractivity contribution in [1.29, 1.82) is 0 Å². The molecule has 0 amide bonds. The van der Waals surface area contributed by atoms with E-state index in [1.54, 1.807) is 19.2 Å². The monoisotopic (exact) mass is 235 g/mol. The van der Waals surface area contributed by atoms with Crippen molar-refractivity contribution in [3.8, 4) is 0 Å². The van der Waals surface area contributed by atoms with Crippen LogP contribution in [0.5, 0.6) is 0 Å². The molecule has 0 saturated carbocycles. The Morgan fingerprint density at radius 3 is 2.94 bits per heavy atom. The minimum Gasteiger partial charge on any atom is -0.461 e. The van der Waals surface area contributed by atoms with Gasteiger partial charge < -0.3 is 9.47 Å². The van der Waals surface area contributed by atoms with Gasteiger partial charge in [-0.25, -0.2) is 9.78 Å². The van der Waals surface area contributed by atoms with E-state index in [1.165, 1.54) is 0 Å². The second-order valence-corrected chi connectivity index (χ2v) is 4.52. The molecular formula is C13H17NO3. The van der Waals surface area contributed by atoms with Gasteiger partial charge in [-0.05, 0) is 25.0 Å². The van der Waals surface area contributed by atoms with Crippen LogP contribution >= 0.6 is 0 Å². The summed E-state index contributed by atoms with van der Waals surface area (Å²) >= 11 is 0. The third kappa shape index (κ3) is 2.47. The van der Waals surface area contributed by atoms with Crippen molar-refractivity contribution in [2.45, 2.75) is 25.7 Å². The normalized spacial score (nSPS) is 23.6. The fourth-order valence-corrected chi connectivity index (χ4v) is 1.97. The number of nitrogens with zero attached hydrogens (tertiary/aromatic N) is 1. The molecule has 2 rings (SSSR count). The van der Waals surface area contributed by atoms with E-state index in [-0.39, 0.29) is 11.4 Å². The van der Waals surface area contributed by atoms with Crippen LogP contribution in [0.1, 0.15) is 36.3 Å². The number of hydrogen-bond donors (Lipinski definition) is 0. The van der Waals surface area contributed by atoms with Crippen LogP contribution in [0.15, 0.2) is 18.3 Å². The Labute approximate surface area is 101 Å². The predicted molar refractivity (Wildman–Crippen MR) is 63.0 cm³/mol. The summed E-state index contributed by atoms with van der Waals surface area (Å²) in [5.41, 5.74) is 1.50. The van der Waals surface area contributed by atoms with Gasteiger partial charge in [0.2, 0.25) is 0 Å². The summed E-state index contributed by atoms with van der Waals surface area (Å²) in [7, 11) is 0. The zero-order valence-electron chi connectivity index (χ0n) is 10.2. The first-order valence-corrected chi connectivity index (χ1v) is 5.87. The van der Waals surface area contributed by atoms with Gasteiger partial charge in [-0.1, -0.05) is 13.0 Å². The first-order chi connectivity index (χ1) is 8.15. The van der Waals surface area contributed by atoms with Gasteiger partial charge in [0.1, 0.15) is 5.69 Å². The zero-order valence-corrected chi connectivity index (χ0v) is 10.2. The van der Waals surface area contributed by atoms with E-state index in [1.807, 2.05) is 6.07 Å². The van der Waals surface area contributed by atoms with Gasteiger partial charge in [0.15, 0.2) is 0 Å². The molecule has 2 heterocycles. The molecule has 0 bridgehead atoms. The van der Waals surface area contributed by atoms with Gasteiger partial charge >= 0.3 is 5.97 Å². The molecule has 17 heavy (non-hydrogen) atoms. The highest BCUT2D eigenvalue weighted by molar-refractivity contribution is 5.87. The second-order valence-electron chi connectivity index (χ2n) is 4.52. The fourth-order valence-electron chi connectivity index (χ4n) is 1.97. The molecule has 1 aliphatic heterocycles. The molecule has 0 aliphatic carbocycles. The van der Waals surface area contributed by atoms with Crippen LogP contribution in [-0.2, 0) is 14.9 Å². The lowest BCUT2D eigenvalue weighted by atomic mass is 9.83. The maximum Gasteiger partial charge on any atom is 0.356 e. The van der Waals surface area contributed by atoms with Crippen LogP contribution < -0.4 is 0 Å². The fraction of sp³-hybridized carbons (Fsp3) is 0.538. The lowest BCUT2D eigenvalue weighted by Gasteiger charge is -2.21. The highest BCUT2D eigenvalue weighted by Gasteiger charge is 2.31. The largest absolute Gasteiger partial charge is 0.461 e. The van der Waals surface area contributed by atoms with E-state index >= 15 is 0 Å². The number of aromatic nitrogens is 1. The van der Waals surface area contributed by atoms with E-state index in [0.29, 0.717) is 18.9 Å². The van der Waals surface area contributed by atoms with Gasteiger partial charge in [0.05, 0.1) is 13.2 Å². The zero-order chi connectivity index (χ0) is 12.3. The molecule has 1 unspecified atom stereocenters. The summed E-state index contributed by atoms with van der Waals surface area (Å²) in [6.07, 6.45) is 2.74. The first kappa shape index (κ1) is 12.0. The number of pyridine rings is 1. The van der Waals surface area contributed by atoms with Crippen molar-refractivity contribution >= 4 is 5.97 Å². The second kappa shape index (κ2) is 4.84. The highest BCUT2D eigenvalue weighted by Crippen LogP contribution is 2.31. The van der Waals surface area contributed by atoms with Crippen molar-refractivity contribution in [2.24, 2.45) is 0 Å². The quantitative estimate of drug-likeness (QED) is 0.751. The molecule has 1 atom stereocenters. The van der Waals surface area contributed by atoms with E-state index in [4.69, 9.17) is 9.47 Å². The molecule has 92 valence electrons. The Morgan fingerprint density at radius 1 is 1.59 bits per heavy atom. The number of carbonyl (C=O) groups is 1. The summed E-state index contributed by atoms with van der Waals surface area (Å²) < 4.78 is 10.3. The average Bonchev–Trinajstić information content (AvgIpc) is 2.78. The highest BCUT2D eigenvalue weighted by atomic mass is 16.5. The average molecular weight is 235 g/mol. The standard InChI is InChI=1S/C13H17NO3/c1-3-17-12(15)11-5-4-10(8-14-11)13(2)6-7-16-9-13/h4-5,8H,3,6-7,9H2,1-2H3. The Balaban J connectivity index is 2.15. The lowest BCUT2D eigenvalue weighted by Crippen LogP contribution is -2.22. The van der Waals surface area contributed by atoms with Gasteiger partial charge in [0, 0.05) is 18.2 Å². The van der Waals surface area contributed by atoms with Crippen LogP contribution in [-0.4, -0.2) is 30.8 Å².